The first-order valence-corrected chi connectivity index (χ1v) is 47.3. The van der Waals surface area contributed by atoms with Gasteiger partial charge in [0, 0.05) is 74.5 Å². The fraction of sp³-hybridized carbons (Fsp3) is 0.718. The fourth-order valence-corrected chi connectivity index (χ4v) is 17.3. The standard InChI is InChI=1S/C39H65ClO6Si2.C39H66O7Si2/c2*1-15-16-19-28(2)33(45-47(11,12)38(3,4)5)25-24-30-34(46-48(13,14)39(6,7)8)26-32(40)36(30)31-22-17-20-29(37(31)44-27-42-9)21-18-23-35(41)43-10/h17,20,22,24-25,28,30,32-34,36H,18-19,21,23,26-27H2,1-14H3;17,20,22,24-25,28,30,32-34,36,40H,18-19,21,23,26-27H2,1-14H3/b2*25-24+/t28?,30-,32+,33?,34-,36-;28?,30-,32-,33?,34-,36-/m00/s1. The molecule has 0 aromatic heterocycles. The molecule has 0 heterocycles. The van der Waals surface area contributed by atoms with Crippen molar-refractivity contribution in [2.45, 2.75) is 295 Å². The number of aryl methyl sites for hydroxylation is 2. The molecule has 4 rings (SSSR count). The molecular weight excluding hydrogens is 1290 g/mol. The van der Waals surface area contributed by atoms with Crippen molar-refractivity contribution in [3.05, 3.63) is 83.0 Å². The van der Waals surface area contributed by atoms with E-state index in [0.717, 1.165) is 47.3 Å². The van der Waals surface area contributed by atoms with Gasteiger partial charge in [0.2, 0.25) is 0 Å². The number of rotatable bonds is 32. The van der Waals surface area contributed by atoms with Crippen LogP contribution in [0, 0.1) is 47.4 Å². The van der Waals surface area contributed by atoms with E-state index in [1.54, 1.807) is 14.2 Å². The zero-order chi connectivity index (χ0) is 73.0. The van der Waals surface area contributed by atoms with Crippen LogP contribution < -0.4 is 9.47 Å². The average Bonchev–Trinajstić information content (AvgIpc) is 1.39. The number of halogens is 1. The van der Waals surface area contributed by atoms with Crippen molar-refractivity contribution in [1.29, 1.82) is 0 Å². The van der Waals surface area contributed by atoms with Crippen LogP contribution in [-0.2, 0) is 59.1 Å². The number of methoxy groups -OCH3 is 4. The Labute approximate surface area is 593 Å². The maximum atomic E-state index is 11.9. The number of benzene rings is 2. The lowest BCUT2D eigenvalue weighted by molar-refractivity contribution is -0.141. The van der Waals surface area contributed by atoms with Crippen molar-refractivity contribution in [3.63, 3.8) is 0 Å². The number of hydrogen-bond acceptors (Lipinski definition) is 13. The summed E-state index contributed by atoms with van der Waals surface area (Å²) in [6, 6.07) is 12.4. The Morgan fingerprint density at radius 3 is 1.26 bits per heavy atom. The van der Waals surface area contributed by atoms with Crippen molar-refractivity contribution in [2.24, 2.45) is 23.7 Å². The van der Waals surface area contributed by atoms with Crippen molar-refractivity contribution >= 4 is 56.8 Å². The lowest BCUT2D eigenvalue weighted by Crippen LogP contribution is -2.45. The van der Waals surface area contributed by atoms with Gasteiger partial charge in [-0.1, -0.05) is 158 Å². The van der Waals surface area contributed by atoms with Crippen molar-refractivity contribution in [1.82, 2.24) is 0 Å². The topological polar surface area (TPSA) is 147 Å². The molecule has 1 N–H and O–H groups in total. The maximum Gasteiger partial charge on any atom is 0.305 e. The summed E-state index contributed by atoms with van der Waals surface area (Å²) in [7, 11) is -2.48. The Balaban J connectivity index is 0.000000500. The van der Waals surface area contributed by atoms with Crippen LogP contribution in [0.5, 0.6) is 11.5 Å². The van der Waals surface area contributed by atoms with Gasteiger partial charge in [-0.2, -0.15) is 0 Å². The lowest BCUT2D eigenvalue weighted by Gasteiger charge is -2.41. The predicted octanol–water partition coefficient (Wildman–Crippen LogP) is 19.3. The SMILES string of the molecule is CC#CCC(C)C(/C=C/[C@@H]1[C@@H](c2cccc(CCCC(=O)OC)c2OCOC)[C@@H](O)C[C@@H]1O[Si](C)(C)C(C)(C)C)O[Si](C)(C)C(C)(C)C.CC#CCC(C)C(/C=C/[C@@H]1[C@@H](c2cccc(CCCC(=O)OC)c2OCOC)[C@H](Cl)C[C@@H]1O[Si](C)(C)C(C)(C)C)O[Si](C)(C)C(C)(C)C. The normalized spacial score (nSPS) is 21.9. The molecule has 544 valence electrons. The number of para-hydroxylation sites is 2. The van der Waals surface area contributed by atoms with Gasteiger partial charge >= 0.3 is 11.9 Å². The molecule has 2 saturated carbocycles. The third-order valence-electron chi connectivity index (χ3n) is 21.5. The van der Waals surface area contributed by atoms with E-state index in [1.165, 1.54) is 14.2 Å². The molecule has 2 fully saturated rings. The second kappa shape index (κ2) is 37.9. The number of aliphatic hydroxyl groups excluding tert-OH is 1. The van der Waals surface area contributed by atoms with Crippen LogP contribution in [0.2, 0.25) is 72.5 Å². The highest BCUT2D eigenvalue weighted by molar-refractivity contribution is 6.75. The molecule has 13 nitrogen and oxygen atoms in total. The quantitative estimate of drug-likeness (QED) is 0.0185. The van der Waals surface area contributed by atoms with Gasteiger partial charge in [0.15, 0.2) is 46.9 Å². The largest absolute Gasteiger partial charge is 0.469 e. The Morgan fingerprint density at radius 1 is 0.562 bits per heavy atom. The zero-order valence-corrected chi connectivity index (χ0v) is 69.7. The second-order valence-electron chi connectivity index (χ2n) is 32.9. The van der Waals surface area contributed by atoms with Gasteiger partial charge in [0.1, 0.15) is 11.5 Å². The summed E-state index contributed by atoms with van der Waals surface area (Å²) in [6.45, 7) is 54.1. The number of aliphatic hydroxyl groups is 1. The third kappa shape index (κ3) is 24.9. The summed E-state index contributed by atoms with van der Waals surface area (Å²) >= 11 is 7.39. The summed E-state index contributed by atoms with van der Waals surface area (Å²) in [5, 5.41) is 11.9. The summed E-state index contributed by atoms with van der Waals surface area (Å²) in [5.74, 6) is 13.7. The van der Waals surface area contributed by atoms with E-state index in [-0.39, 0.29) is 111 Å². The highest BCUT2D eigenvalue weighted by Gasteiger charge is 2.51. The van der Waals surface area contributed by atoms with E-state index >= 15 is 0 Å². The Morgan fingerprint density at radius 2 is 0.917 bits per heavy atom. The molecule has 4 unspecified atom stereocenters. The van der Waals surface area contributed by atoms with Crippen molar-refractivity contribution < 1.29 is 60.8 Å². The van der Waals surface area contributed by atoms with Gasteiger partial charge in [-0.25, -0.2) is 0 Å². The molecule has 2 aromatic carbocycles. The minimum absolute atomic E-state index is 0.00758. The van der Waals surface area contributed by atoms with E-state index in [4.69, 9.17) is 57.7 Å². The molecule has 2 aliphatic carbocycles. The number of hydrogen-bond donors (Lipinski definition) is 1. The molecule has 0 radical (unpaired) electrons. The van der Waals surface area contributed by atoms with Crippen LogP contribution >= 0.6 is 11.6 Å². The number of carbonyl (C=O) groups is 2. The first-order chi connectivity index (χ1) is 44.4. The van der Waals surface area contributed by atoms with Crippen LogP contribution in [0.3, 0.4) is 0 Å². The Kier molecular flexibility index (Phi) is 34.2. The monoisotopic (exact) mass is 1420 g/mol. The zero-order valence-electron chi connectivity index (χ0n) is 64.9. The fourth-order valence-electron chi connectivity index (χ4n) is 11.4. The van der Waals surface area contributed by atoms with E-state index in [0.29, 0.717) is 50.7 Å². The molecule has 12 atom stereocenters. The van der Waals surface area contributed by atoms with Gasteiger partial charge in [0.05, 0.1) is 44.7 Å². The number of alkyl halides is 1. The van der Waals surface area contributed by atoms with Crippen LogP contribution in [0.15, 0.2) is 60.7 Å². The molecular formula is C78H131ClO13Si4. The summed E-state index contributed by atoms with van der Waals surface area (Å²) in [5.41, 5.74) is 3.98. The van der Waals surface area contributed by atoms with E-state index in [2.05, 4.69) is 222 Å². The Hall–Kier alpha value is -3.54. The number of esters is 2. The minimum Gasteiger partial charge on any atom is -0.469 e. The van der Waals surface area contributed by atoms with Crippen LogP contribution in [0.4, 0.5) is 0 Å². The van der Waals surface area contributed by atoms with Gasteiger partial charge in [-0.05, 0) is 153 Å². The third-order valence-corrected chi connectivity index (χ3v) is 39.9. The second-order valence-corrected chi connectivity index (χ2v) is 52.5. The molecule has 0 spiro atoms. The molecule has 2 aliphatic rings. The molecule has 2 aromatic rings. The predicted molar refractivity (Wildman–Crippen MR) is 406 cm³/mol. The van der Waals surface area contributed by atoms with Crippen LogP contribution in [-0.4, -0.2) is 128 Å². The highest BCUT2D eigenvalue weighted by Crippen LogP contribution is 2.53. The lowest BCUT2D eigenvalue weighted by atomic mass is 9.84. The maximum absolute atomic E-state index is 11.9. The van der Waals surface area contributed by atoms with Gasteiger partial charge in [-0.15, -0.1) is 35.3 Å². The molecule has 0 saturated heterocycles. The average molecular weight is 1420 g/mol. The summed E-state index contributed by atoms with van der Waals surface area (Å²) in [6.07, 6.45) is 14.0. The summed E-state index contributed by atoms with van der Waals surface area (Å²) < 4.78 is 61.5. The van der Waals surface area contributed by atoms with E-state index in [9.17, 15) is 14.7 Å². The van der Waals surface area contributed by atoms with Crippen molar-refractivity contribution in [3.8, 4) is 35.2 Å². The first-order valence-electron chi connectivity index (χ1n) is 35.2. The van der Waals surface area contributed by atoms with Crippen LogP contribution in [0.1, 0.15) is 196 Å². The molecule has 0 bridgehead atoms. The molecule has 0 aliphatic heterocycles. The molecule has 0 amide bonds. The minimum atomic E-state index is -2.19. The number of ether oxygens (including phenoxy) is 6. The van der Waals surface area contributed by atoms with Crippen LogP contribution in [0.25, 0.3) is 0 Å². The smallest absolute Gasteiger partial charge is 0.305 e. The Bertz CT molecular complexity index is 2730. The van der Waals surface area contributed by atoms with E-state index in [1.807, 2.05) is 26.0 Å². The number of carbonyl (C=O) groups excluding carboxylic acids is 2. The highest BCUT2D eigenvalue weighted by atomic mass is 35.5. The molecule has 96 heavy (non-hydrogen) atoms. The van der Waals surface area contributed by atoms with E-state index < -0.39 is 39.4 Å². The van der Waals surface area contributed by atoms with Gasteiger partial charge in [0.25, 0.3) is 0 Å². The van der Waals surface area contributed by atoms with Gasteiger partial charge in [-0.3, -0.25) is 9.59 Å². The first kappa shape index (κ1) is 86.7. The van der Waals surface area contributed by atoms with Crippen molar-refractivity contribution in [2.75, 3.05) is 42.0 Å². The van der Waals surface area contributed by atoms with Gasteiger partial charge < -0.3 is 51.2 Å². The summed E-state index contributed by atoms with van der Waals surface area (Å²) in [4.78, 5) is 23.8. The molecule has 18 heteroatoms.